The van der Waals surface area contributed by atoms with E-state index in [1.165, 1.54) is 12.1 Å². The zero-order valence-corrected chi connectivity index (χ0v) is 29.0. The van der Waals surface area contributed by atoms with Gasteiger partial charge in [0.05, 0.1) is 23.9 Å². The normalized spacial score (nSPS) is 19.5. The van der Waals surface area contributed by atoms with E-state index in [-0.39, 0.29) is 36.2 Å². The van der Waals surface area contributed by atoms with Gasteiger partial charge >= 0.3 is 0 Å². The van der Waals surface area contributed by atoms with E-state index in [1.54, 1.807) is 18.5 Å². The minimum Gasteiger partial charge on any atom is -0.494 e. The molecule has 13 heteroatoms. The summed E-state index contributed by atoms with van der Waals surface area (Å²) in [5, 5.41) is 4.45. The van der Waals surface area contributed by atoms with Crippen LogP contribution in [0.1, 0.15) is 58.5 Å². The lowest BCUT2D eigenvalue weighted by molar-refractivity contribution is -0.136. The fourth-order valence-electron chi connectivity index (χ4n) is 7.23. The maximum absolute atomic E-state index is 13.1. The van der Waals surface area contributed by atoms with Crippen molar-refractivity contribution in [1.82, 2.24) is 30.2 Å². The summed E-state index contributed by atoms with van der Waals surface area (Å²) in [6.45, 7) is 0.373. The number of nitrogens with one attached hydrogen (secondary N) is 2. The number of carbonyl (C=O) groups is 4. The van der Waals surface area contributed by atoms with Gasteiger partial charge in [-0.05, 0) is 73.4 Å². The highest BCUT2D eigenvalue weighted by molar-refractivity contribution is 6.23. The fourth-order valence-corrected chi connectivity index (χ4v) is 7.23. The highest BCUT2D eigenvalue weighted by atomic mass is 16.5. The van der Waals surface area contributed by atoms with Crippen LogP contribution in [0.5, 0.6) is 17.4 Å². The number of nitrogens with zero attached hydrogens (tertiary/aromatic N) is 4. The number of pyridine rings is 3. The Labute approximate surface area is 308 Å². The van der Waals surface area contributed by atoms with Gasteiger partial charge in [-0.1, -0.05) is 12.1 Å². The zero-order chi connectivity index (χ0) is 36.8. The maximum Gasteiger partial charge on any atom is 0.262 e. The van der Waals surface area contributed by atoms with Crippen LogP contribution >= 0.6 is 0 Å². The number of benzene rings is 2. The van der Waals surface area contributed by atoms with Crippen molar-refractivity contribution in [3.8, 4) is 28.5 Å². The van der Waals surface area contributed by atoms with Crippen molar-refractivity contribution in [2.45, 2.75) is 56.8 Å². The molecule has 1 saturated heterocycles. The summed E-state index contributed by atoms with van der Waals surface area (Å²) < 4.78 is 18.1. The topological polar surface area (TPSA) is 166 Å². The third-order valence-electron chi connectivity index (χ3n) is 10.2. The number of amides is 4. The quantitative estimate of drug-likeness (QED) is 0.128. The molecule has 270 valence electrons. The summed E-state index contributed by atoms with van der Waals surface area (Å²) in [6.07, 6.45) is 10.3. The van der Waals surface area contributed by atoms with Crippen LogP contribution in [0.15, 0.2) is 91.5 Å². The number of carbonyl (C=O) groups excluding carboxylic acids is 4. The Bertz CT molecular complexity index is 2440. The van der Waals surface area contributed by atoms with Gasteiger partial charge in [0.25, 0.3) is 11.8 Å². The van der Waals surface area contributed by atoms with Gasteiger partial charge in [0.15, 0.2) is 0 Å². The lowest BCUT2D eigenvalue weighted by Gasteiger charge is -2.34. The standard InChI is InChI=1S/C41H34N6O7/c48-37-11-10-36(39(49)46-37)47-40(50)31-9-7-26(19-32(31)41(47)51)52-15-1-2-25-5-6-27(21-43-25)53-28-17-29(18-28)54-38-12-4-24(20-44-38)23-3-8-30-33-22-42-14-13-34(33)45-35(30)16-23/h3-9,12-14,16,19-22,28-29,36,45H,1-2,10-11,15,17-18H2,(H,46,48,49)/t28-,29-,36?. The summed E-state index contributed by atoms with van der Waals surface area (Å²) in [4.78, 5) is 67.5. The first-order chi connectivity index (χ1) is 26.4. The lowest BCUT2D eigenvalue weighted by Crippen LogP contribution is -2.54. The predicted octanol–water partition coefficient (Wildman–Crippen LogP) is 5.57. The van der Waals surface area contributed by atoms with Crippen molar-refractivity contribution in [3.63, 3.8) is 0 Å². The summed E-state index contributed by atoms with van der Waals surface area (Å²) >= 11 is 0. The zero-order valence-electron chi connectivity index (χ0n) is 29.0. The summed E-state index contributed by atoms with van der Waals surface area (Å²) in [7, 11) is 0. The van der Waals surface area contributed by atoms with Gasteiger partial charge in [0.1, 0.15) is 29.7 Å². The molecule has 2 aromatic carbocycles. The molecule has 13 nitrogen and oxygen atoms in total. The summed E-state index contributed by atoms with van der Waals surface area (Å²) in [5.41, 5.74) is 5.50. The number of aromatic amines is 1. The third-order valence-corrected chi connectivity index (χ3v) is 10.2. The molecule has 54 heavy (non-hydrogen) atoms. The van der Waals surface area contributed by atoms with Gasteiger partial charge in [-0.25, -0.2) is 4.98 Å². The van der Waals surface area contributed by atoms with Crippen molar-refractivity contribution in [1.29, 1.82) is 0 Å². The van der Waals surface area contributed by atoms with Gasteiger partial charge in [-0.15, -0.1) is 0 Å². The molecule has 6 aromatic rings. The number of aryl methyl sites for hydroxylation is 1. The third kappa shape index (κ3) is 6.37. The number of hydrogen-bond donors (Lipinski definition) is 2. The molecule has 0 bridgehead atoms. The highest BCUT2D eigenvalue weighted by Crippen LogP contribution is 2.33. The predicted molar refractivity (Wildman–Crippen MR) is 196 cm³/mol. The molecule has 3 aliphatic rings. The van der Waals surface area contributed by atoms with E-state index in [0.29, 0.717) is 36.8 Å². The average molecular weight is 723 g/mol. The molecule has 2 N–H and O–H groups in total. The Hall–Kier alpha value is -6.63. The number of ether oxygens (including phenoxy) is 3. The molecule has 4 aromatic heterocycles. The van der Waals surface area contributed by atoms with Crippen LogP contribution in [-0.4, -0.2) is 73.3 Å². The molecule has 1 saturated carbocycles. The van der Waals surface area contributed by atoms with E-state index in [2.05, 4.69) is 43.5 Å². The number of aromatic nitrogens is 4. The molecule has 2 aliphatic heterocycles. The van der Waals surface area contributed by atoms with Crippen LogP contribution in [0.2, 0.25) is 0 Å². The van der Waals surface area contributed by atoms with Crippen LogP contribution in [0.4, 0.5) is 0 Å². The van der Waals surface area contributed by atoms with Crippen LogP contribution in [0.25, 0.3) is 32.9 Å². The molecule has 1 unspecified atom stereocenters. The molecule has 0 spiro atoms. The second kappa shape index (κ2) is 13.7. The van der Waals surface area contributed by atoms with E-state index in [9.17, 15) is 19.2 Å². The van der Waals surface area contributed by atoms with Gasteiger partial charge in [0.2, 0.25) is 17.7 Å². The van der Waals surface area contributed by atoms with Crippen molar-refractivity contribution in [2.75, 3.05) is 6.61 Å². The molecule has 9 rings (SSSR count). The first-order valence-corrected chi connectivity index (χ1v) is 17.9. The van der Waals surface area contributed by atoms with Gasteiger partial charge in [0, 0.05) is 77.0 Å². The number of hydrogen-bond acceptors (Lipinski definition) is 10. The molecule has 2 fully saturated rings. The minimum absolute atomic E-state index is 0.0328. The summed E-state index contributed by atoms with van der Waals surface area (Å²) in [6, 6.07) is 19.8. The molecule has 0 radical (unpaired) electrons. The Kier molecular flexibility index (Phi) is 8.45. The average Bonchev–Trinajstić information content (AvgIpc) is 3.66. The maximum atomic E-state index is 13.1. The molecule has 6 heterocycles. The van der Waals surface area contributed by atoms with Crippen molar-refractivity contribution in [3.05, 3.63) is 108 Å². The van der Waals surface area contributed by atoms with Crippen LogP contribution in [0, 0.1) is 0 Å². The van der Waals surface area contributed by atoms with Crippen LogP contribution in [-0.2, 0) is 16.0 Å². The van der Waals surface area contributed by atoms with E-state index in [4.69, 9.17) is 14.2 Å². The Balaban J connectivity index is 0.709. The monoisotopic (exact) mass is 722 g/mol. The van der Waals surface area contributed by atoms with E-state index in [0.717, 1.165) is 56.4 Å². The minimum atomic E-state index is -1.01. The van der Waals surface area contributed by atoms with Crippen LogP contribution in [0.3, 0.4) is 0 Å². The number of H-pyrrole nitrogens is 1. The molecular weight excluding hydrogens is 688 g/mol. The molecule has 1 aliphatic carbocycles. The Morgan fingerprint density at radius 1 is 0.741 bits per heavy atom. The second-order valence-corrected chi connectivity index (χ2v) is 13.7. The number of fused-ring (bicyclic) bond motifs is 4. The largest absolute Gasteiger partial charge is 0.494 e. The lowest BCUT2D eigenvalue weighted by atomic mass is 9.92. The first-order valence-electron chi connectivity index (χ1n) is 17.9. The van der Waals surface area contributed by atoms with Gasteiger partial charge in [-0.2, -0.15) is 0 Å². The number of rotatable bonds is 11. The van der Waals surface area contributed by atoms with Crippen molar-refractivity contribution >= 4 is 45.4 Å². The van der Waals surface area contributed by atoms with Crippen LogP contribution < -0.4 is 19.5 Å². The van der Waals surface area contributed by atoms with E-state index in [1.807, 2.05) is 42.7 Å². The fraction of sp³-hybridized carbons (Fsp3) is 0.244. The Morgan fingerprint density at radius 3 is 2.39 bits per heavy atom. The summed E-state index contributed by atoms with van der Waals surface area (Å²) in [5.74, 6) is -0.427. The van der Waals surface area contributed by atoms with Crippen molar-refractivity contribution in [2.24, 2.45) is 0 Å². The number of piperidine rings is 1. The van der Waals surface area contributed by atoms with E-state index < -0.39 is 29.7 Å². The smallest absolute Gasteiger partial charge is 0.262 e. The van der Waals surface area contributed by atoms with E-state index >= 15 is 0 Å². The highest BCUT2D eigenvalue weighted by Gasteiger charge is 2.44. The van der Waals surface area contributed by atoms with Gasteiger partial charge < -0.3 is 19.2 Å². The second-order valence-electron chi connectivity index (χ2n) is 13.7. The SMILES string of the molecule is O=C1CCC(N2C(=O)c3ccc(OCCCc4ccc(O[C@H]5C[C@H](Oc6ccc(-c7ccc8c(c7)[nH]c7ccncc78)cn6)C5)cn4)cc3C2=O)C(=O)N1. The number of imide groups is 2. The molecule has 4 amide bonds. The first kappa shape index (κ1) is 33.2. The molecule has 1 atom stereocenters. The van der Waals surface area contributed by atoms with Crippen molar-refractivity contribution < 1.29 is 33.4 Å². The molecular formula is C41H34N6O7. The van der Waals surface area contributed by atoms with Gasteiger partial charge in [-0.3, -0.25) is 39.4 Å². The Morgan fingerprint density at radius 2 is 1.57 bits per heavy atom.